The first kappa shape index (κ1) is 16.4. The number of rotatable bonds is 7. The lowest BCUT2D eigenvalue weighted by Crippen LogP contribution is -2.05. The van der Waals surface area contributed by atoms with E-state index >= 15 is 0 Å². The minimum atomic E-state index is -1.15. The highest BCUT2D eigenvalue weighted by atomic mass is 16.5. The van der Waals surface area contributed by atoms with E-state index in [4.69, 9.17) is 14.2 Å². The molecule has 0 bridgehead atoms. The molecular formula is C18H18O5. The van der Waals surface area contributed by atoms with Gasteiger partial charge in [0.2, 0.25) is 5.76 Å². The molecular weight excluding hydrogens is 296 g/mol. The van der Waals surface area contributed by atoms with Gasteiger partial charge in [-0.05, 0) is 29.8 Å². The fraction of sp³-hybridized carbons (Fsp3) is 0.167. The molecule has 23 heavy (non-hydrogen) atoms. The van der Waals surface area contributed by atoms with Gasteiger partial charge in [-0.25, -0.2) is 4.79 Å². The van der Waals surface area contributed by atoms with Gasteiger partial charge in [0.25, 0.3) is 0 Å². The second-order valence-corrected chi connectivity index (χ2v) is 4.70. The van der Waals surface area contributed by atoms with Crippen LogP contribution in [0.3, 0.4) is 0 Å². The zero-order valence-corrected chi connectivity index (χ0v) is 13.0. The highest BCUT2D eigenvalue weighted by Gasteiger charge is 2.12. The molecule has 0 radical (unpaired) electrons. The molecule has 0 aliphatic carbocycles. The summed E-state index contributed by atoms with van der Waals surface area (Å²) in [6, 6.07) is 14.5. The van der Waals surface area contributed by atoms with E-state index in [-0.39, 0.29) is 12.4 Å². The number of carbonyl (C=O) groups is 1. The molecule has 0 aliphatic heterocycles. The van der Waals surface area contributed by atoms with Gasteiger partial charge in [0.05, 0.1) is 14.2 Å². The Kier molecular flexibility index (Phi) is 5.63. The molecule has 0 saturated carbocycles. The number of methoxy groups -OCH3 is 2. The number of carboxylic acid groups (broad SMARTS) is 1. The third-order valence-corrected chi connectivity index (χ3v) is 3.17. The summed E-state index contributed by atoms with van der Waals surface area (Å²) >= 11 is 0. The summed E-state index contributed by atoms with van der Waals surface area (Å²) in [6.07, 6.45) is 1.42. The Morgan fingerprint density at radius 2 is 1.83 bits per heavy atom. The van der Waals surface area contributed by atoms with Crippen molar-refractivity contribution in [2.24, 2.45) is 0 Å². The highest BCUT2D eigenvalue weighted by molar-refractivity contribution is 5.90. The average Bonchev–Trinajstić information content (AvgIpc) is 2.59. The molecule has 5 heteroatoms. The molecule has 0 atom stereocenters. The summed E-state index contributed by atoms with van der Waals surface area (Å²) in [5, 5.41) is 9.34. The summed E-state index contributed by atoms with van der Waals surface area (Å²) in [5.74, 6) is -0.177. The molecule has 0 saturated heterocycles. The Bertz CT molecular complexity index is 692. The Labute approximate surface area is 134 Å². The first-order valence-electron chi connectivity index (χ1n) is 6.97. The van der Waals surface area contributed by atoms with E-state index in [1.807, 2.05) is 30.3 Å². The minimum Gasteiger partial charge on any atom is -0.497 e. The highest BCUT2D eigenvalue weighted by Crippen LogP contribution is 2.26. The van der Waals surface area contributed by atoms with Gasteiger partial charge in [0.15, 0.2) is 0 Å². The van der Waals surface area contributed by atoms with Gasteiger partial charge in [-0.3, -0.25) is 0 Å². The van der Waals surface area contributed by atoms with Crippen molar-refractivity contribution >= 4 is 12.0 Å². The van der Waals surface area contributed by atoms with Crippen LogP contribution in [0, 0.1) is 0 Å². The van der Waals surface area contributed by atoms with Gasteiger partial charge in [-0.1, -0.05) is 30.3 Å². The molecule has 120 valence electrons. The first-order chi connectivity index (χ1) is 11.1. The maximum absolute atomic E-state index is 11.4. The largest absolute Gasteiger partial charge is 0.497 e. The van der Waals surface area contributed by atoms with Crippen LogP contribution in [0.15, 0.2) is 54.3 Å². The second kappa shape index (κ2) is 7.89. The van der Waals surface area contributed by atoms with E-state index in [9.17, 15) is 9.90 Å². The molecule has 0 unspecified atom stereocenters. The van der Waals surface area contributed by atoms with Crippen molar-refractivity contribution in [3.05, 3.63) is 65.4 Å². The summed E-state index contributed by atoms with van der Waals surface area (Å²) in [7, 11) is 3.06. The molecule has 0 amide bonds. The fourth-order valence-corrected chi connectivity index (χ4v) is 1.99. The lowest BCUT2D eigenvalue weighted by molar-refractivity contribution is -0.136. The molecule has 0 fully saturated rings. The zero-order valence-electron chi connectivity index (χ0n) is 13.0. The third-order valence-electron chi connectivity index (χ3n) is 3.17. The number of hydrogen-bond acceptors (Lipinski definition) is 4. The minimum absolute atomic E-state index is 0.166. The molecule has 5 nitrogen and oxygen atoms in total. The average molecular weight is 314 g/mol. The number of ether oxygens (including phenoxy) is 3. The smallest absolute Gasteiger partial charge is 0.371 e. The Morgan fingerprint density at radius 3 is 2.43 bits per heavy atom. The number of benzene rings is 2. The molecule has 2 aromatic carbocycles. The van der Waals surface area contributed by atoms with Gasteiger partial charge in [0.1, 0.15) is 18.1 Å². The van der Waals surface area contributed by atoms with Gasteiger partial charge in [-0.15, -0.1) is 0 Å². The molecule has 1 N–H and O–H groups in total. The molecule has 2 aromatic rings. The van der Waals surface area contributed by atoms with Crippen molar-refractivity contribution in [3.8, 4) is 11.5 Å². The van der Waals surface area contributed by atoms with Crippen LogP contribution in [0.5, 0.6) is 11.5 Å². The molecule has 0 heterocycles. The SMILES string of the molecule is COc1ccc(OC)c(C=C(OCc2ccccc2)C(=O)O)c1. The molecule has 2 rings (SSSR count). The molecule has 0 aromatic heterocycles. The second-order valence-electron chi connectivity index (χ2n) is 4.70. The Morgan fingerprint density at radius 1 is 1.09 bits per heavy atom. The fourth-order valence-electron chi connectivity index (χ4n) is 1.99. The van der Waals surface area contributed by atoms with Crippen molar-refractivity contribution in [1.82, 2.24) is 0 Å². The van der Waals surface area contributed by atoms with E-state index < -0.39 is 5.97 Å². The lowest BCUT2D eigenvalue weighted by atomic mass is 10.1. The van der Waals surface area contributed by atoms with E-state index in [1.54, 1.807) is 25.3 Å². The molecule has 0 spiro atoms. The number of hydrogen-bond donors (Lipinski definition) is 1. The van der Waals surface area contributed by atoms with Crippen LogP contribution < -0.4 is 9.47 Å². The van der Waals surface area contributed by atoms with Gasteiger partial charge in [0, 0.05) is 5.56 Å². The van der Waals surface area contributed by atoms with Crippen molar-refractivity contribution in [3.63, 3.8) is 0 Å². The van der Waals surface area contributed by atoms with Crippen LogP contribution in [0.25, 0.3) is 6.08 Å². The molecule has 0 aliphatic rings. The first-order valence-corrected chi connectivity index (χ1v) is 6.97. The van der Waals surface area contributed by atoms with Crippen LogP contribution in [0.2, 0.25) is 0 Å². The standard InChI is InChI=1S/C18H18O5/c1-21-15-8-9-16(22-2)14(10-15)11-17(18(19)20)23-12-13-6-4-3-5-7-13/h3-11H,12H2,1-2H3,(H,19,20). The summed E-state index contributed by atoms with van der Waals surface area (Å²) in [5.41, 5.74) is 1.45. The van der Waals surface area contributed by atoms with Crippen molar-refractivity contribution < 1.29 is 24.1 Å². The number of carboxylic acids is 1. The zero-order chi connectivity index (χ0) is 16.7. The van der Waals surface area contributed by atoms with Crippen molar-refractivity contribution in [1.29, 1.82) is 0 Å². The Balaban J connectivity index is 2.26. The van der Waals surface area contributed by atoms with Crippen LogP contribution in [0.1, 0.15) is 11.1 Å². The quantitative estimate of drug-likeness (QED) is 0.627. The van der Waals surface area contributed by atoms with Gasteiger partial charge in [-0.2, -0.15) is 0 Å². The van der Waals surface area contributed by atoms with Crippen LogP contribution in [-0.4, -0.2) is 25.3 Å². The van der Waals surface area contributed by atoms with E-state index in [1.165, 1.54) is 13.2 Å². The third kappa shape index (κ3) is 4.51. The monoisotopic (exact) mass is 314 g/mol. The Hall–Kier alpha value is -2.95. The van der Waals surface area contributed by atoms with E-state index in [0.29, 0.717) is 17.1 Å². The summed E-state index contributed by atoms with van der Waals surface area (Å²) < 4.78 is 15.8. The number of aliphatic carboxylic acids is 1. The van der Waals surface area contributed by atoms with Crippen LogP contribution >= 0.6 is 0 Å². The maximum atomic E-state index is 11.4. The van der Waals surface area contributed by atoms with E-state index in [2.05, 4.69) is 0 Å². The van der Waals surface area contributed by atoms with Gasteiger partial charge < -0.3 is 19.3 Å². The predicted octanol–water partition coefficient (Wildman–Crippen LogP) is 3.35. The summed E-state index contributed by atoms with van der Waals surface area (Å²) in [4.78, 5) is 11.4. The normalized spacial score (nSPS) is 11.0. The van der Waals surface area contributed by atoms with Crippen molar-refractivity contribution in [2.75, 3.05) is 14.2 Å². The van der Waals surface area contributed by atoms with E-state index in [0.717, 1.165) is 5.56 Å². The van der Waals surface area contributed by atoms with Crippen molar-refractivity contribution in [2.45, 2.75) is 6.61 Å². The maximum Gasteiger partial charge on any atom is 0.371 e. The predicted molar refractivity (Wildman–Crippen MR) is 86.4 cm³/mol. The lowest BCUT2D eigenvalue weighted by Gasteiger charge is -2.10. The van der Waals surface area contributed by atoms with Gasteiger partial charge >= 0.3 is 5.97 Å². The van der Waals surface area contributed by atoms with Crippen LogP contribution in [-0.2, 0) is 16.1 Å². The summed E-state index contributed by atoms with van der Waals surface area (Å²) in [6.45, 7) is 0.172. The topological polar surface area (TPSA) is 65.0 Å². The van der Waals surface area contributed by atoms with Crippen LogP contribution in [0.4, 0.5) is 0 Å².